The van der Waals surface area contributed by atoms with Crippen LogP contribution in [-0.2, 0) is 0 Å². The van der Waals surface area contributed by atoms with Crippen molar-refractivity contribution in [2.45, 2.75) is 39.5 Å². The van der Waals surface area contributed by atoms with Crippen molar-refractivity contribution in [2.24, 2.45) is 5.92 Å². The zero-order valence-electron chi connectivity index (χ0n) is 7.69. The minimum Gasteiger partial charge on any atom is -0.0998 e. The van der Waals surface area contributed by atoms with Crippen LogP contribution in [0.4, 0.5) is 0 Å². The predicted octanol–water partition coefficient (Wildman–Crippen LogP) is 3.70. The smallest absolute Gasteiger partial charge is 0.0171 e. The van der Waals surface area contributed by atoms with Gasteiger partial charge in [0.2, 0.25) is 0 Å². The number of hydrogen-bond acceptors (Lipinski definition) is 0. The molecule has 0 heterocycles. The van der Waals surface area contributed by atoms with Gasteiger partial charge in [0.1, 0.15) is 0 Å². The van der Waals surface area contributed by atoms with Gasteiger partial charge in [0.25, 0.3) is 0 Å². The molecule has 0 amide bonds. The Balaban J connectivity index is 2.47. The third-order valence-corrected chi connectivity index (χ3v) is 2.66. The highest BCUT2D eigenvalue weighted by molar-refractivity contribution is 5.11. The van der Waals surface area contributed by atoms with Crippen LogP contribution in [-0.4, -0.2) is 0 Å². The Labute approximate surface area is 70.0 Å². The lowest BCUT2D eigenvalue weighted by Crippen LogP contribution is -2.05. The summed E-state index contributed by atoms with van der Waals surface area (Å²) in [5, 5.41) is 0. The van der Waals surface area contributed by atoms with Crippen molar-refractivity contribution in [3.63, 3.8) is 0 Å². The average molecular weight is 150 g/mol. The molecule has 1 aliphatic carbocycles. The van der Waals surface area contributed by atoms with E-state index in [2.05, 4.69) is 26.5 Å². The maximum absolute atomic E-state index is 4.00. The van der Waals surface area contributed by atoms with Crippen LogP contribution in [0.3, 0.4) is 0 Å². The lowest BCUT2D eigenvalue weighted by Gasteiger charge is -2.21. The highest BCUT2D eigenvalue weighted by Gasteiger charge is 2.13. The van der Waals surface area contributed by atoms with Crippen molar-refractivity contribution in [2.75, 3.05) is 0 Å². The van der Waals surface area contributed by atoms with Gasteiger partial charge in [0.15, 0.2) is 0 Å². The van der Waals surface area contributed by atoms with Gasteiger partial charge in [0.05, 0.1) is 0 Å². The van der Waals surface area contributed by atoms with E-state index in [-0.39, 0.29) is 0 Å². The normalized spacial score (nSPS) is 24.5. The summed E-state index contributed by atoms with van der Waals surface area (Å²) in [7, 11) is 0. The van der Waals surface area contributed by atoms with Crippen molar-refractivity contribution in [3.8, 4) is 0 Å². The van der Waals surface area contributed by atoms with E-state index in [9.17, 15) is 0 Å². The molecule has 0 bridgehead atoms. The molecule has 0 nitrogen and oxygen atoms in total. The van der Waals surface area contributed by atoms with E-state index in [1.165, 1.54) is 31.3 Å². The molecule has 0 heteroatoms. The Kier molecular flexibility index (Phi) is 2.92. The Hall–Kier alpha value is -0.520. The van der Waals surface area contributed by atoms with Gasteiger partial charge in [-0.2, -0.15) is 0 Å². The molecule has 0 aromatic rings. The van der Waals surface area contributed by atoms with Crippen molar-refractivity contribution >= 4 is 0 Å². The van der Waals surface area contributed by atoms with Gasteiger partial charge in [-0.15, -0.1) is 0 Å². The van der Waals surface area contributed by atoms with Gasteiger partial charge in [0, 0.05) is 0 Å². The van der Waals surface area contributed by atoms with Gasteiger partial charge >= 0.3 is 0 Å². The quantitative estimate of drug-likeness (QED) is 0.526. The fourth-order valence-electron chi connectivity index (χ4n) is 1.66. The summed E-state index contributed by atoms with van der Waals surface area (Å²) in [4.78, 5) is 0. The standard InChI is InChI=1S/C11H18/c1-4-10-5-7-11(8-6-10)9(2)3/h5,11H,2,4,6-8H2,1,3H3. The molecule has 0 aromatic carbocycles. The van der Waals surface area contributed by atoms with Crippen LogP contribution in [0, 0.1) is 5.92 Å². The van der Waals surface area contributed by atoms with E-state index < -0.39 is 0 Å². The van der Waals surface area contributed by atoms with Crippen LogP contribution in [0.1, 0.15) is 39.5 Å². The molecule has 1 unspecified atom stereocenters. The van der Waals surface area contributed by atoms with Crippen LogP contribution >= 0.6 is 0 Å². The lowest BCUT2D eigenvalue weighted by atomic mass is 9.85. The predicted molar refractivity (Wildman–Crippen MR) is 50.5 cm³/mol. The van der Waals surface area contributed by atoms with Crippen LogP contribution in [0.5, 0.6) is 0 Å². The number of hydrogen-bond donors (Lipinski definition) is 0. The fourth-order valence-corrected chi connectivity index (χ4v) is 1.66. The monoisotopic (exact) mass is 150 g/mol. The zero-order valence-corrected chi connectivity index (χ0v) is 7.69. The van der Waals surface area contributed by atoms with Gasteiger partial charge in [-0.25, -0.2) is 0 Å². The molecule has 1 atom stereocenters. The zero-order chi connectivity index (χ0) is 8.27. The summed E-state index contributed by atoms with van der Waals surface area (Å²) in [6.45, 7) is 8.39. The summed E-state index contributed by atoms with van der Waals surface area (Å²) < 4.78 is 0. The molecule has 0 saturated heterocycles. The molecule has 1 rings (SSSR count). The Morgan fingerprint density at radius 2 is 2.45 bits per heavy atom. The molecule has 0 aliphatic heterocycles. The summed E-state index contributed by atoms with van der Waals surface area (Å²) in [5.41, 5.74) is 3.00. The Bertz CT molecular complexity index is 174. The van der Waals surface area contributed by atoms with Crippen LogP contribution in [0.15, 0.2) is 23.8 Å². The topological polar surface area (TPSA) is 0 Å². The summed E-state index contributed by atoms with van der Waals surface area (Å²) in [6.07, 6.45) is 7.51. The van der Waals surface area contributed by atoms with E-state index in [0.29, 0.717) is 0 Å². The minimum absolute atomic E-state index is 0.769. The molecule has 1 aliphatic rings. The molecular formula is C11H18. The maximum atomic E-state index is 4.00. The van der Waals surface area contributed by atoms with Gasteiger partial charge in [-0.1, -0.05) is 30.7 Å². The molecule has 62 valence electrons. The minimum atomic E-state index is 0.769. The van der Waals surface area contributed by atoms with E-state index >= 15 is 0 Å². The van der Waals surface area contributed by atoms with E-state index in [1.54, 1.807) is 5.57 Å². The second-order valence-corrected chi connectivity index (χ2v) is 3.53. The molecular weight excluding hydrogens is 132 g/mol. The van der Waals surface area contributed by atoms with E-state index in [4.69, 9.17) is 0 Å². The average Bonchev–Trinajstić information content (AvgIpc) is 2.05. The first-order valence-electron chi connectivity index (χ1n) is 4.57. The SMILES string of the molecule is C=C(C)C1CC=C(CC)CC1. The highest BCUT2D eigenvalue weighted by Crippen LogP contribution is 2.28. The molecule has 0 radical (unpaired) electrons. The molecule has 0 aromatic heterocycles. The molecule has 0 fully saturated rings. The van der Waals surface area contributed by atoms with Gasteiger partial charge in [-0.05, 0) is 38.5 Å². The van der Waals surface area contributed by atoms with Crippen molar-refractivity contribution < 1.29 is 0 Å². The fraction of sp³-hybridized carbons (Fsp3) is 0.636. The lowest BCUT2D eigenvalue weighted by molar-refractivity contribution is 0.534. The Morgan fingerprint density at radius 1 is 1.73 bits per heavy atom. The molecule has 0 saturated carbocycles. The molecule has 11 heavy (non-hydrogen) atoms. The first-order valence-corrected chi connectivity index (χ1v) is 4.57. The first kappa shape index (κ1) is 8.58. The van der Waals surface area contributed by atoms with Crippen molar-refractivity contribution in [1.82, 2.24) is 0 Å². The second kappa shape index (κ2) is 3.75. The largest absolute Gasteiger partial charge is 0.0998 e. The van der Waals surface area contributed by atoms with Gasteiger partial charge in [-0.3, -0.25) is 0 Å². The summed E-state index contributed by atoms with van der Waals surface area (Å²) in [5.74, 6) is 0.769. The number of rotatable bonds is 2. The van der Waals surface area contributed by atoms with Gasteiger partial charge < -0.3 is 0 Å². The Morgan fingerprint density at radius 3 is 2.82 bits per heavy atom. The third-order valence-electron chi connectivity index (χ3n) is 2.66. The van der Waals surface area contributed by atoms with Crippen LogP contribution in [0.25, 0.3) is 0 Å². The highest BCUT2D eigenvalue weighted by atomic mass is 14.2. The third kappa shape index (κ3) is 2.21. The number of allylic oxidation sites excluding steroid dienone is 3. The maximum Gasteiger partial charge on any atom is -0.0171 e. The van der Waals surface area contributed by atoms with Crippen molar-refractivity contribution in [3.05, 3.63) is 23.8 Å². The van der Waals surface area contributed by atoms with Crippen LogP contribution in [0.2, 0.25) is 0 Å². The summed E-state index contributed by atoms with van der Waals surface area (Å²) in [6, 6.07) is 0. The van der Waals surface area contributed by atoms with Crippen molar-refractivity contribution in [1.29, 1.82) is 0 Å². The first-order chi connectivity index (χ1) is 5.24. The van der Waals surface area contributed by atoms with E-state index in [1.807, 2.05) is 0 Å². The molecule has 0 N–H and O–H groups in total. The molecule has 0 spiro atoms. The second-order valence-electron chi connectivity index (χ2n) is 3.53. The summed E-state index contributed by atoms with van der Waals surface area (Å²) >= 11 is 0. The van der Waals surface area contributed by atoms with Crippen LogP contribution < -0.4 is 0 Å². The van der Waals surface area contributed by atoms with E-state index in [0.717, 1.165) is 5.92 Å².